The second kappa shape index (κ2) is 9.11. The van der Waals surface area contributed by atoms with Crippen LogP contribution in [0.4, 0.5) is 0 Å². The fourth-order valence-electron chi connectivity index (χ4n) is 4.26. The molecule has 0 aliphatic carbocycles. The van der Waals surface area contributed by atoms with Gasteiger partial charge in [0.05, 0.1) is 17.7 Å². The molecule has 4 aromatic rings. The van der Waals surface area contributed by atoms with E-state index >= 15 is 0 Å². The Labute approximate surface area is 200 Å². The first-order valence-corrected chi connectivity index (χ1v) is 11.1. The number of carbonyl (C=O) groups is 3. The molecule has 11 nitrogen and oxygen atoms in total. The summed E-state index contributed by atoms with van der Waals surface area (Å²) in [6.07, 6.45) is 4.41. The molecule has 0 radical (unpaired) electrons. The van der Waals surface area contributed by atoms with E-state index in [1.807, 2.05) is 6.07 Å². The molecule has 0 bridgehead atoms. The Bertz CT molecular complexity index is 1420. The molecule has 5 rings (SSSR count). The Balaban J connectivity index is 1.37. The Morgan fingerprint density at radius 3 is 2.40 bits per heavy atom. The number of fused-ring (bicyclic) bond motifs is 1. The summed E-state index contributed by atoms with van der Waals surface area (Å²) in [6, 6.07) is 8.96. The average molecular weight is 473 g/mol. The van der Waals surface area contributed by atoms with Gasteiger partial charge in [0, 0.05) is 55.1 Å². The molecule has 11 heteroatoms. The number of aryl methyl sites for hydroxylation is 1. The normalized spacial score (nSPS) is 13.9. The molecule has 4 heterocycles. The molecule has 1 aliphatic rings. The third-order valence-corrected chi connectivity index (χ3v) is 6.08. The molecule has 0 saturated carbocycles. The molecule has 1 aliphatic heterocycles. The van der Waals surface area contributed by atoms with Crippen LogP contribution in [-0.2, 0) is 11.4 Å². The van der Waals surface area contributed by atoms with Gasteiger partial charge in [0.2, 0.25) is 0 Å². The van der Waals surface area contributed by atoms with Crippen LogP contribution in [0.15, 0.2) is 49.1 Å². The zero-order chi connectivity index (χ0) is 24.5. The monoisotopic (exact) mass is 473 g/mol. The number of ketones is 1. The van der Waals surface area contributed by atoms with E-state index in [9.17, 15) is 19.5 Å². The standard InChI is InChI=1S/C24H23N7O4/c1-15-27-14-31(28-15)22-20-19(17(13-32)11-26-22)18(12-25-20)21(33)24(35)30-9-7-29(8-10-30)23(34)16-5-3-2-4-6-16/h2-6,11-12,14,25,32H,7-10,13H2,1H3. The van der Waals surface area contributed by atoms with E-state index in [0.29, 0.717) is 46.8 Å². The first-order valence-electron chi connectivity index (χ1n) is 11.1. The molecule has 0 spiro atoms. The molecule has 1 saturated heterocycles. The van der Waals surface area contributed by atoms with Gasteiger partial charge in [-0.3, -0.25) is 14.4 Å². The fraction of sp³-hybridized carbons (Fsp3) is 0.250. The van der Waals surface area contributed by atoms with E-state index in [2.05, 4.69) is 20.1 Å². The minimum absolute atomic E-state index is 0.100. The number of H-pyrrole nitrogens is 1. The number of hydrogen-bond acceptors (Lipinski definition) is 7. The highest BCUT2D eigenvalue weighted by molar-refractivity contribution is 6.45. The number of nitrogens with zero attached hydrogens (tertiary/aromatic N) is 6. The first-order chi connectivity index (χ1) is 17.0. The van der Waals surface area contributed by atoms with Gasteiger partial charge >= 0.3 is 0 Å². The number of pyridine rings is 1. The van der Waals surface area contributed by atoms with E-state index in [0.717, 1.165) is 0 Å². The molecular formula is C24H23N7O4. The predicted octanol–water partition coefficient (Wildman–Crippen LogP) is 1.11. The summed E-state index contributed by atoms with van der Waals surface area (Å²) in [7, 11) is 0. The number of Topliss-reactive ketones (excluding diaryl/α,β-unsaturated/α-hetero) is 1. The molecule has 0 unspecified atom stereocenters. The van der Waals surface area contributed by atoms with Gasteiger partial charge in [-0.25, -0.2) is 14.6 Å². The van der Waals surface area contributed by atoms with E-state index < -0.39 is 11.7 Å². The number of aromatic nitrogens is 5. The highest BCUT2D eigenvalue weighted by atomic mass is 16.3. The van der Waals surface area contributed by atoms with Crippen molar-refractivity contribution in [3.63, 3.8) is 0 Å². The van der Waals surface area contributed by atoms with Gasteiger partial charge < -0.3 is 19.9 Å². The van der Waals surface area contributed by atoms with Crippen molar-refractivity contribution in [2.75, 3.05) is 26.2 Å². The van der Waals surface area contributed by atoms with Crippen LogP contribution in [0.25, 0.3) is 16.7 Å². The lowest BCUT2D eigenvalue weighted by atomic mass is 10.0. The van der Waals surface area contributed by atoms with Crippen LogP contribution < -0.4 is 0 Å². The summed E-state index contributed by atoms with van der Waals surface area (Å²) in [4.78, 5) is 53.6. The van der Waals surface area contributed by atoms with Crippen LogP contribution in [-0.4, -0.2) is 83.4 Å². The molecular weight excluding hydrogens is 450 g/mol. The van der Waals surface area contributed by atoms with Crippen molar-refractivity contribution in [3.05, 3.63) is 71.6 Å². The average Bonchev–Trinajstić information content (AvgIpc) is 3.54. The SMILES string of the molecule is Cc1ncn(-c2ncc(CO)c3c(C(=O)C(=O)N4CCN(C(=O)c5ccccc5)CC4)c[nH]c23)n1. The van der Waals surface area contributed by atoms with Gasteiger partial charge in [-0.15, -0.1) is 0 Å². The van der Waals surface area contributed by atoms with Gasteiger partial charge in [0.1, 0.15) is 12.2 Å². The van der Waals surface area contributed by atoms with Crippen molar-refractivity contribution in [1.29, 1.82) is 0 Å². The molecule has 35 heavy (non-hydrogen) atoms. The Hall–Kier alpha value is -4.38. The highest BCUT2D eigenvalue weighted by Crippen LogP contribution is 2.27. The summed E-state index contributed by atoms with van der Waals surface area (Å²) >= 11 is 0. The number of benzene rings is 1. The van der Waals surface area contributed by atoms with Crippen LogP contribution >= 0.6 is 0 Å². The second-order valence-electron chi connectivity index (χ2n) is 8.23. The van der Waals surface area contributed by atoms with Crippen molar-refractivity contribution < 1.29 is 19.5 Å². The smallest absolute Gasteiger partial charge is 0.295 e. The van der Waals surface area contributed by atoms with Crippen molar-refractivity contribution in [1.82, 2.24) is 34.5 Å². The minimum atomic E-state index is -0.694. The summed E-state index contributed by atoms with van der Waals surface area (Å²) < 4.78 is 1.47. The Kier molecular flexibility index (Phi) is 5.83. The molecule has 1 aromatic carbocycles. The van der Waals surface area contributed by atoms with E-state index in [1.54, 1.807) is 36.1 Å². The first kappa shape index (κ1) is 22.4. The van der Waals surface area contributed by atoms with Crippen LogP contribution in [0.5, 0.6) is 0 Å². The lowest BCUT2D eigenvalue weighted by Gasteiger charge is -2.34. The molecule has 3 aromatic heterocycles. The summed E-state index contributed by atoms with van der Waals surface area (Å²) in [6.45, 7) is 2.56. The maximum atomic E-state index is 13.2. The van der Waals surface area contributed by atoms with Gasteiger partial charge in [-0.05, 0) is 19.1 Å². The quantitative estimate of drug-likeness (QED) is 0.327. The second-order valence-corrected chi connectivity index (χ2v) is 8.23. The summed E-state index contributed by atoms with van der Waals surface area (Å²) in [5, 5.41) is 14.5. The minimum Gasteiger partial charge on any atom is -0.392 e. The molecule has 2 N–H and O–H groups in total. The van der Waals surface area contributed by atoms with Crippen LogP contribution in [0.3, 0.4) is 0 Å². The zero-order valence-corrected chi connectivity index (χ0v) is 19.0. The lowest BCUT2D eigenvalue weighted by molar-refractivity contribution is -0.127. The number of aromatic amines is 1. The molecule has 2 amide bonds. The van der Waals surface area contributed by atoms with Crippen molar-refractivity contribution >= 4 is 28.5 Å². The predicted molar refractivity (Wildman–Crippen MR) is 125 cm³/mol. The summed E-state index contributed by atoms with van der Waals surface area (Å²) in [5.74, 6) is -0.500. The van der Waals surface area contributed by atoms with Gasteiger partial charge in [0.15, 0.2) is 5.82 Å². The number of aliphatic hydroxyl groups excluding tert-OH is 1. The number of nitrogens with one attached hydrogen (secondary N) is 1. The van der Waals surface area contributed by atoms with E-state index in [1.165, 1.54) is 28.3 Å². The summed E-state index contributed by atoms with van der Waals surface area (Å²) in [5.41, 5.74) is 1.62. The number of piperazine rings is 1. The van der Waals surface area contributed by atoms with Crippen molar-refractivity contribution in [2.24, 2.45) is 0 Å². The highest BCUT2D eigenvalue weighted by Gasteiger charge is 2.31. The Morgan fingerprint density at radius 1 is 1.03 bits per heavy atom. The van der Waals surface area contributed by atoms with Crippen LogP contribution in [0, 0.1) is 6.92 Å². The van der Waals surface area contributed by atoms with Crippen molar-refractivity contribution in [3.8, 4) is 5.82 Å². The number of hydrogen-bond donors (Lipinski definition) is 2. The van der Waals surface area contributed by atoms with Crippen LogP contribution in [0.1, 0.15) is 32.1 Å². The van der Waals surface area contributed by atoms with Crippen LogP contribution in [0.2, 0.25) is 0 Å². The largest absolute Gasteiger partial charge is 0.392 e. The third kappa shape index (κ3) is 4.06. The Morgan fingerprint density at radius 2 is 1.74 bits per heavy atom. The van der Waals surface area contributed by atoms with E-state index in [-0.39, 0.29) is 31.2 Å². The molecule has 0 atom stereocenters. The third-order valence-electron chi connectivity index (χ3n) is 6.08. The van der Waals surface area contributed by atoms with Crippen molar-refractivity contribution in [2.45, 2.75) is 13.5 Å². The maximum absolute atomic E-state index is 13.2. The lowest BCUT2D eigenvalue weighted by Crippen LogP contribution is -2.52. The maximum Gasteiger partial charge on any atom is 0.295 e. The molecule has 178 valence electrons. The zero-order valence-electron chi connectivity index (χ0n) is 19.0. The number of amides is 2. The van der Waals surface area contributed by atoms with Gasteiger partial charge in [-0.1, -0.05) is 18.2 Å². The fourth-order valence-corrected chi connectivity index (χ4v) is 4.26. The van der Waals surface area contributed by atoms with Gasteiger partial charge in [-0.2, -0.15) is 5.10 Å². The number of aliphatic hydroxyl groups is 1. The number of rotatable bonds is 5. The van der Waals surface area contributed by atoms with Gasteiger partial charge in [0.25, 0.3) is 17.6 Å². The topological polar surface area (TPSA) is 137 Å². The van der Waals surface area contributed by atoms with E-state index in [4.69, 9.17) is 0 Å². The number of carbonyl (C=O) groups excluding carboxylic acids is 3. The molecule has 1 fully saturated rings.